The standard InChI is InChI=1S/C7H4ClF5N2/c8-3-2(6(9)10)1-15-5(4(3)14)7(11,12)13/h1,6H,14H2. The van der Waals surface area contributed by atoms with Crippen LogP contribution < -0.4 is 5.73 Å². The van der Waals surface area contributed by atoms with E-state index in [1.54, 1.807) is 0 Å². The zero-order valence-electron chi connectivity index (χ0n) is 6.95. The average Bonchev–Trinajstić information content (AvgIpc) is 2.06. The van der Waals surface area contributed by atoms with E-state index in [9.17, 15) is 22.0 Å². The SMILES string of the molecule is Nc1c(C(F)(F)F)ncc(C(F)F)c1Cl. The van der Waals surface area contributed by atoms with Gasteiger partial charge >= 0.3 is 6.18 Å². The molecule has 1 aromatic rings. The summed E-state index contributed by atoms with van der Waals surface area (Å²) in [6, 6.07) is 0. The van der Waals surface area contributed by atoms with Crippen LogP contribution in [0.25, 0.3) is 0 Å². The number of aromatic nitrogens is 1. The largest absolute Gasteiger partial charge is 0.435 e. The molecule has 0 aromatic carbocycles. The van der Waals surface area contributed by atoms with E-state index in [4.69, 9.17) is 17.3 Å². The van der Waals surface area contributed by atoms with Gasteiger partial charge in [-0.2, -0.15) is 13.2 Å². The molecule has 8 heteroatoms. The van der Waals surface area contributed by atoms with Crippen molar-refractivity contribution in [3.63, 3.8) is 0 Å². The molecule has 0 saturated carbocycles. The van der Waals surface area contributed by atoms with Crippen molar-refractivity contribution in [2.75, 3.05) is 5.73 Å². The van der Waals surface area contributed by atoms with Crippen molar-refractivity contribution < 1.29 is 22.0 Å². The molecule has 0 saturated heterocycles. The third kappa shape index (κ3) is 2.28. The summed E-state index contributed by atoms with van der Waals surface area (Å²) in [5.41, 5.74) is 1.70. The van der Waals surface area contributed by atoms with Crippen molar-refractivity contribution in [1.29, 1.82) is 0 Å². The lowest BCUT2D eigenvalue weighted by Crippen LogP contribution is -2.13. The minimum atomic E-state index is -4.81. The maximum Gasteiger partial charge on any atom is 0.435 e. The van der Waals surface area contributed by atoms with Crippen LogP contribution >= 0.6 is 11.6 Å². The first-order valence-electron chi connectivity index (χ1n) is 3.54. The number of nitrogen functional groups attached to an aromatic ring is 1. The van der Waals surface area contributed by atoms with Crippen LogP contribution in [0.15, 0.2) is 6.20 Å². The predicted molar refractivity (Wildman–Crippen MR) is 43.6 cm³/mol. The molecule has 0 aliphatic rings. The second-order valence-electron chi connectivity index (χ2n) is 2.59. The molecule has 0 spiro atoms. The van der Waals surface area contributed by atoms with Crippen LogP contribution in [0.2, 0.25) is 5.02 Å². The molecule has 1 aromatic heterocycles. The van der Waals surface area contributed by atoms with Gasteiger partial charge in [0.1, 0.15) is 0 Å². The van der Waals surface area contributed by atoms with Gasteiger partial charge in [0.15, 0.2) is 5.69 Å². The Morgan fingerprint density at radius 1 is 1.33 bits per heavy atom. The smallest absolute Gasteiger partial charge is 0.396 e. The van der Waals surface area contributed by atoms with Crippen molar-refractivity contribution >= 4 is 17.3 Å². The normalized spacial score (nSPS) is 12.2. The van der Waals surface area contributed by atoms with E-state index in [2.05, 4.69) is 4.98 Å². The molecule has 2 N–H and O–H groups in total. The van der Waals surface area contributed by atoms with Crippen LogP contribution in [0, 0.1) is 0 Å². The lowest BCUT2D eigenvalue weighted by molar-refractivity contribution is -0.140. The highest BCUT2D eigenvalue weighted by Crippen LogP contribution is 2.38. The molecule has 0 bridgehead atoms. The van der Waals surface area contributed by atoms with E-state index in [0.717, 1.165) is 0 Å². The maximum atomic E-state index is 12.2. The minimum Gasteiger partial charge on any atom is -0.396 e. The summed E-state index contributed by atoms with van der Waals surface area (Å²) in [4.78, 5) is 2.82. The minimum absolute atomic E-state index is 0.367. The highest BCUT2D eigenvalue weighted by Gasteiger charge is 2.36. The van der Waals surface area contributed by atoms with Crippen molar-refractivity contribution in [1.82, 2.24) is 4.98 Å². The number of hydrogen-bond acceptors (Lipinski definition) is 2. The van der Waals surface area contributed by atoms with Crippen LogP contribution in [0.3, 0.4) is 0 Å². The summed E-state index contributed by atoms with van der Waals surface area (Å²) in [5.74, 6) is 0. The Morgan fingerprint density at radius 2 is 1.87 bits per heavy atom. The highest BCUT2D eigenvalue weighted by molar-refractivity contribution is 6.34. The van der Waals surface area contributed by atoms with Crippen molar-refractivity contribution in [3.05, 3.63) is 22.5 Å². The van der Waals surface area contributed by atoms with Crippen LogP contribution in [0.5, 0.6) is 0 Å². The number of hydrogen-bond donors (Lipinski definition) is 1. The molecule has 15 heavy (non-hydrogen) atoms. The quantitative estimate of drug-likeness (QED) is 0.773. The van der Waals surface area contributed by atoms with Crippen molar-refractivity contribution in [2.24, 2.45) is 0 Å². The second-order valence-corrected chi connectivity index (χ2v) is 2.97. The van der Waals surface area contributed by atoms with Gasteiger partial charge in [-0.25, -0.2) is 13.8 Å². The molecule has 2 nitrogen and oxygen atoms in total. The molecule has 0 radical (unpaired) electrons. The Kier molecular flexibility index (Phi) is 3.03. The predicted octanol–water partition coefficient (Wildman–Crippen LogP) is 3.27. The van der Waals surface area contributed by atoms with Crippen molar-refractivity contribution in [2.45, 2.75) is 12.6 Å². The van der Waals surface area contributed by atoms with E-state index in [-0.39, 0.29) is 0 Å². The highest BCUT2D eigenvalue weighted by atomic mass is 35.5. The molecule has 1 rings (SSSR count). The summed E-state index contributed by atoms with van der Waals surface area (Å²) in [6.45, 7) is 0. The lowest BCUT2D eigenvalue weighted by Gasteiger charge is -2.12. The summed E-state index contributed by atoms with van der Waals surface area (Å²) in [7, 11) is 0. The molecule has 0 aliphatic carbocycles. The van der Waals surface area contributed by atoms with Gasteiger partial charge in [0.2, 0.25) is 0 Å². The van der Waals surface area contributed by atoms with E-state index in [0.29, 0.717) is 6.20 Å². The van der Waals surface area contributed by atoms with Gasteiger partial charge in [0.05, 0.1) is 16.3 Å². The summed E-state index contributed by atoms with van der Waals surface area (Å²) in [6.07, 6.45) is -7.46. The molecular weight excluding hydrogens is 243 g/mol. The first-order valence-corrected chi connectivity index (χ1v) is 3.92. The second kappa shape index (κ2) is 3.80. The molecule has 0 aliphatic heterocycles. The van der Waals surface area contributed by atoms with Gasteiger partial charge in [0, 0.05) is 6.20 Å². The molecule has 0 unspecified atom stereocenters. The van der Waals surface area contributed by atoms with E-state index in [1.165, 1.54) is 0 Å². The molecule has 0 atom stereocenters. The Bertz CT molecular complexity index is 376. The zero-order valence-corrected chi connectivity index (χ0v) is 7.70. The zero-order chi connectivity index (χ0) is 11.8. The Balaban J connectivity index is 3.34. The number of anilines is 1. The Labute approximate surface area is 85.9 Å². The monoisotopic (exact) mass is 246 g/mol. The summed E-state index contributed by atoms with van der Waals surface area (Å²) >= 11 is 5.25. The maximum absolute atomic E-state index is 12.2. The fourth-order valence-electron chi connectivity index (χ4n) is 0.898. The Hall–Kier alpha value is -1.11. The molecule has 0 fully saturated rings. The topological polar surface area (TPSA) is 38.9 Å². The first-order chi connectivity index (χ1) is 6.75. The number of rotatable bonds is 1. The molecular formula is C7H4ClF5N2. The van der Waals surface area contributed by atoms with Crippen LogP contribution in [-0.2, 0) is 6.18 Å². The van der Waals surface area contributed by atoms with Gasteiger partial charge < -0.3 is 5.73 Å². The van der Waals surface area contributed by atoms with Gasteiger partial charge in [-0.05, 0) is 0 Å². The molecule has 1 heterocycles. The van der Waals surface area contributed by atoms with Crippen LogP contribution in [-0.4, -0.2) is 4.98 Å². The van der Waals surface area contributed by atoms with Crippen LogP contribution in [0.1, 0.15) is 17.7 Å². The van der Waals surface area contributed by atoms with Gasteiger partial charge in [-0.3, -0.25) is 0 Å². The van der Waals surface area contributed by atoms with Crippen LogP contribution in [0.4, 0.5) is 27.6 Å². The first kappa shape index (κ1) is 12.0. The van der Waals surface area contributed by atoms with Gasteiger partial charge in [-0.1, -0.05) is 11.6 Å². The summed E-state index contributed by atoms with van der Waals surface area (Å²) in [5, 5.41) is -0.813. The fraction of sp³-hybridized carbons (Fsp3) is 0.286. The summed E-state index contributed by atoms with van der Waals surface area (Å²) < 4.78 is 60.9. The number of nitrogens with two attached hydrogens (primary N) is 1. The molecule has 0 amide bonds. The van der Waals surface area contributed by atoms with E-state index < -0.39 is 34.6 Å². The third-order valence-electron chi connectivity index (χ3n) is 1.58. The van der Waals surface area contributed by atoms with Crippen molar-refractivity contribution in [3.8, 4) is 0 Å². The number of pyridine rings is 1. The van der Waals surface area contributed by atoms with E-state index >= 15 is 0 Å². The number of nitrogens with zero attached hydrogens (tertiary/aromatic N) is 1. The lowest BCUT2D eigenvalue weighted by atomic mass is 10.2. The Morgan fingerprint density at radius 3 is 2.27 bits per heavy atom. The van der Waals surface area contributed by atoms with Gasteiger partial charge in [0.25, 0.3) is 6.43 Å². The van der Waals surface area contributed by atoms with Gasteiger partial charge in [-0.15, -0.1) is 0 Å². The van der Waals surface area contributed by atoms with E-state index in [1.807, 2.05) is 0 Å². The average molecular weight is 247 g/mol. The number of halogens is 6. The third-order valence-corrected chi connectivity index (χ3v) is 2.00. The molecule has 84 valence electrons. The fourth-order valence-corrected chi connectivity index (χ4v) is 1.12. The number of alkyl halides is 5.